The number of aryl methyl sites for hydroxylation is 2. The van der Waals surface area contributed by atoms with Crippen molar-refractivity contribution in [3.8, 4) is 11.1 Å². The van der Waals surface area contributed by atoms with Crippen LogP contribution in [0.3, 0.4) is 0 Å². The third kappa shape index (κ3) is 3.60. The zero-order valence-electron chi connectivity index (χ0n) is 12.8. The smallest absolute Gasteiger partial charge is 0.333 e. The highest BCUT2D eigenvalue weighted by Gasteiger charge is 2.07. The molecule has 2 aromatic rings. The van der Waals surface area contributed by atoms with Crippen LogP contribution in [0, 0.1) is 13.8 Å². The summed E-state index contributed by atoms with van der Waals surface area (Å²) in [4.78, 5) is 11.4. The van der Waals surface area contributed by atoms with Gasteiger partial charge in [-0.2, -0.15) is 0 Å². The molecule has 0 fully saturated rings. The van der Waals surface area contributed by atoms with Gasteiger partial charge in [0.15, 0.2) is 0 Å². The summed E-state index contributed by atoms with van der Waals surface area (Å²) < 4.78 is 5.18. The number of benzene rings is 2. The van der Waals surface area contributed by atoms with Crippen LogP contribution in [0.25, 0.3) is 11.1 Å². The van der Waals surface area contributed by atoms with Crippen molar-refractivity contribution in [3.05, 3.63) is 71.3 Å². The first-order valence-corrected chi connectivity index (χ1v) is 6.97. The summed E-state index contributed by atoms with van der Waals surface area (Å²) in [5.41, 5.74) is 6.28. The molecule has 2 aromatic carbocycles. The van der Waals surface area contributed by atoms with Crippen LogP contribution >= 0.6 is 0 Å². The number of hydrogen-bond donors (Lipinski definition) is 0. The summed E-state index contributed by atoms with van der Waals surface area (Å²) in [6.45, 7) is 9.68. The highest BCUT2D eigenvalue weighted by atomic mass is 16.5. The summed E-state index contributed by atoms with van der Waals surface area (Å²) in [6.07, 6.45) is 0. The molecule has 0 saturated carbocycles. The molecule has 2 heteroatoms. The van der Waals surface area contributed by atoms with Gasteiger partial charge < -0.3 is 4.74 Å². The lowest BCUT2D eigenvalue weighted by molar-refractivity contribution is -0.140. The molecule has 0 heterocycles. The quantitative estimate of drug-likeness (QED) is 0.605. The second kappa shape index (κ2) is 6.40. The van der Waals surface area contributed by atoms with Gasteiger partial charge >= 0.3 is 5.97 Å². The highest BCUT2D eigenvalue weighted by Crippen LogP contribution is 2.27. The van der Waals surface area contributed by atoms with Gasteiger partial charge in [0.25, 0.3) is 0 Å². The molecular weight excluding hydrogens is 260 g/mol. The van der Waals surface area contributed by atoms with Crippen LogP contribution in [0.4, 0.5) is 0 Å². The van der Waals surface area contributed by atoms with E-state index in [1.54, 1.807) is 6.92 Å². The first kappa shape index (κ1) is 15.0. The van der Waals surface area contributed by atoms with E-state index in [0.29, 0.717) is 5.57 Å². The Balaban J connectivity index is 2.20. The molecule has 0 amide bonds. The molecule has 0 aromatic heterocycles. The van der Waals surface area contributed by atoms with Crippen LogP contribution in [-0.2, 0) is 16.1 Å². The van der Waals surface area contributed by atoms with E-state index >= 15 is 0 Å². The predicted octanol–water partition coefficient (Wildman–Crippen LogP) is 4.59. The fourth-order valence-electron chi connectivity index (χ4n) is 2.26. The summed E-state index contributed by atoms with van der Waals surface area (Å²) in [5.74, 6) is -0.351. The summed E-state index contributed by atoms with van der Waals surface area (Å²) in [5, 5.41) is 0. The molecule has 0 aliphatic heterocycles. The van der Waals surface area contributed by atoms with Gasteiger partial charge in [0.05, 0.1) is 0 Å². The van der Waals surface area contributed by atoms with Crippen molar-refractivity contribution >= 4 is 5.97 Å². The van der Waals surface area contributed by atoms with Gasteiger partial charge in [-0.15, -0.1) is 0 Å². The molecular formula is C19H20O2. The first-order chi connectivity index (χ1) is 9.99. The lowest BCUT2D eigenvalue weighted by atomic mass is 9.95. The molecule has 0 radical (unpaired) electrons. The average Bonchev–Trinajstić information content (AvgIpc) is 2.46. The molecule has 2 nitrogen and oxygen atoms in total. The third-order valence-corrected chi connectivity index (χ3v) is 3.44. The Kier molecular flexibility index (Phi) is 4.59. The molecule has 0 aliphatic rings. The van der Waals surface area contributed by atoms with Gasteiger partial charge in [-0.1, -0.05) is 49.0 Å². The molecule has 0 atom stereocenters. The van der Waals surface area contributed by atoms with Gasteiger partial charge in [0, 0.05) is 5.57 Å². The first-order valence-electron chi connectivity index (χ1n) is 6.97. The Morgan fingerprint density at radius 1 is 1.05 bits per heavy atom. The predicted molar refractivity (Wildman–Crippen MR) is 86.0 cm³/mol. The van der Waals surface area contributed by atoms with Crippen LogP contribution in [0.2, 0.25) is 0 Å². The number of rotatable bonds is 4. The number of carbonyl (C=O) groups is 1. The van der Waals surface area contributed by atoms with E-state index < -0.39 is 0 Å². The zero-order valence-corrected chi connectivity index (χ0v) is 12.8. The minimum absolute atomic E-state index is 0.278. The molecule has 0 saturated heterocycles. The van der Waals surface area contributed by atoms with Gasteiger partial charge in [-0.25, -0.2) is 4.79 Å². The van der Waals surface area contributed by atoms with E-state index in [9.17, 15) is 4.79 Å². The SMILES string of the molecule is C=C(C)C(=O)OCc1ccc(-c2ccccc2C)c(C)c1. The Labute approximate surface area is 126 Å². The van der Waals surface area contributed by atoms with Crippen molar-refractivity contribution in [2.45, 2.75) is 27.4 Å². The second-order valence-electron chi connectivity index (χ2n) is 5.32. The normalized spacial score (nSPS) is 10.2. The molecule has 0 spiro atoms. The molecule has 0 bridgehead atoms. The van der Waals surface area contributed by atoms with Crippen LogP contribution in [0.5, 0.6) is 0 Å². The van der Waals surface area contributed by atoms with Crippen LogP contribution in [0.1, 0.15) is 23.6 Å². The molecule has 0 unspecified atom stereocenters. The topological polar surface area (TPSA) is 26.3 Å². The van der Waals surface area contributed by atoms with E-state index in [0.717, 1.165) is 5.56 Å². The van der Waals surface area contributed by atoms with E-state index in [-0.39, 0.29) is 12.6 Å². The van der Waals surface area contributed by atoms with Crippen molar-refractivity contribution in [1.29, 1.82) is 0 Å². The Hall–Kier alpha value is -2.35. The molecule has 0 aliphatic carbocycles. The number of esters is 1. The van der Waals surface area contributed by atoms with E-state index in [2.05, 4.69) is 44.7 Å². The maximum absolute atomic E-state index is 11.4. The van der Waals surface area contributed by atoms with Crippen molar-refractivity contribution in [1.82, 2.24) is 0 Å². The van der Waals surface area contributed by atoms with Gasteiger partial charge in [-0.3, -0.25) is 0 Å². The van der Waals surface area contributed by atoms with Crippen molar-refractivity contribution in [2.75, 3.05) is 0 Å². The van der Waals surface area contributed by atoms with Crippen LogP contribution in [-0.4, -0.2) is 5.97 Å². The lowest BCUT2D eigenvalue weighted by Gasteiger charge is -2.11. The largest absolute Gasteiger partial charge is 0.457 e. The fraction of sp³-hybridized carbons (Fsp3) is 0.211. The van der Waals surface area contributed by atoms with E-state index in [1.165, 1.54) is 22.3 Å². The number of ether oxygens (including phenoxy) is 1. The number of hydrogen-bond acceptors (Lipinski definition) is 2. The Morgan fingerprint density at radius 3 is 2.33 bits per heavy atom. The third-order valence-electron chi connectivity index (χ3n) is 3.44. The standard InChI is InChI=1S/C19H20O2/c1-13(2)19(20)21-12-16-9-10-18(15(4)11-16)17-8-6-5-7-14(17)3/h5-11H,1,12H2,2-4H3. The van der Waals surface area contributed by atoms with Gasteiger partial charge in [-0.05, 0) is 48.6 Å². The van der Waals surface area contributed by atoms with Crippen LogP contribution < -0.4 is 0 Å². The summed E-state index contributed by atoms with van der Waals surface area (Å²) >= 11 is 0. The Morgan fingerprint density at radius 2 is 1.71 bits per heavy atom. The van der Waals surface area contributed by atoms with Gasteiger partial charge in [0.2, 0.25) is 0 Å². The molecule has 2 rings (SSSR count). The van der Waals surface area contributed by atoms with E-state index in [4.69, 9.17) is 4.74 Å². The zero-order chi connectivity index (χ0) is 15.4. The average molecular weight is 280 g/mol. The summed E-state index contributed by atoms with van der Waals surface area (Å²) in [6, 6.07) is 14.5. The van der Waals surface area contributed by atoms with Crippen molar-refractivity contribution in [3.63, 3.8) is 0 Å². The molecule has 21 heavy (non-hydrogen) atoms. The molecule has 108 valence electrons. The lowest BCUT2D eigenvalue weighted by Crippen LogP contribution is -2.05. The van der Waals surface area contributed by atoms with E-state index in [1.807, 2.05) is 18.2 Å². The van der Waals surface area contributed by atoms with Crippen LogP contribution in [0.15, 0.2) is 54.6 Å². The Bertz CT molecular complexity index is 684. The monoisotopic (exact) mass is 280 g/mol. The minimum Gasteiger partial charge on any atom is -0.457 e. The fourth-order valence-corrected chi connectivity index (χ4v) is 2.26. The number of carbonyl (C=O) groups excluding carboxylic acids is 1. The second-order valence-corrected chi connectivity index (χ2v) is 5.32. The van der Waals surface area contributed by atoms with Gasteiger partial charge in [0.1, 0.15) is 6.61 Å². The summed E-state index contributed by atoms with van der Waals surface area (Å²) in [7, 11) is 0. The van der Waals surface area contributed by atoms with Crippen molar-refractivity contribution in [2.24, 2.45) is 0 Å². The van der Waals surface area contributed by atoms with Crippen molar-refractivity contribution < 1.29 is 9.53 Å². The highest BCUT2D eigenvalue weighted by molar-refractivity contribution is 5.86. The minimum atomic E-state index is -0.351. The maximum Gasteiger partial charge on any atom is 0.333 e. The maximum atomic E-state index is 11.4. The molecule has 0 N–H and O–H groups in total.